The number of nitrogens with one attached hydrogen (secondary N) is 1. The summed E-state index contributed by atoms with van der Waals surface area (Å²) >= 11 is 1.15. The Kier molecular flexibility index (Phi) is 6.49. The predicted molar refractivity (Wildman–Crippen MR) is 115 cm³/mol. The highest BCUT2D eigenvalue weighted by molar-refractivity contribution is 7.89. The average Bonchev–Trinajstić information content (AvgIpc) is 3.16. The zero-order valence-electron chi connectivity index (χ0n) is 15.9. The van der Waals surface area contributed by atoms with Crippen molar-refractivity contribution in [2.75, 3.05) is 11.9 Å². The summed E-state index contributed by atoms with van der Waals surface area (Å²) in [5.74, 6) is -2.32. The van der Waals surface area contributed by atoms with Crippen molar-refractivity contribution in [3.63, 3.8) is 0 Å². The molecule has 0 fully saturated rings. The third-order valence-electron chi connectivity index (χ3n) is 4.04. The molecule has 1 aromatic heterocycles. The Morgan fingerprint density at radius 2 is 1.71 bits per heavy atom. The topological polar surface area (TPSA) is 159 Å². The summed E-state index contributed by atoms with van der Waals surface area (Å²) in [7, 11) is -3.99. The van der Waals surface area contributed by atoms with Gasteiger partial charge in [-0.25, -0.2) is 18.4 Å². The van der Waals surface area contributed by atoms with Crippen molar-refractivity contribution in [2.24, 2.45) is 10.9 Å². The number of primary sulfonamides is 1. The molecule has 3 aromatic rings. The van der Waals surface area contributed by atoms with Gasteiger partial charge in [0.15, 0.2) is 6.61 Å². The number of ether oxygens (including phenoxy) is 1. The van der Waals surface area contributed by atoms with Gasteiger partial charge in [0.05, 0.1) is 16.0 Å². The molecule has 9 nitrogen and oxygen atoms in total. The van der Waals surface area contributed by atoms with Gasteiger partial charge in [0.1, 0.15) is 5.00 Å². The number of primary amides is 1. The highest BCUT2D eigenvalue weighted by Crippen LogP contribution is 2.35. The second-order valence-electron chi connectivity index (χ2n) is 6.28. The molecule has 3 rings (SSSR count). The summed E-state index contributed by atoms with van der Waals surface area (Å²) in [6.07, 6.45) is 0. The van der Waals surface area contributed by atoms with E-state index >= 15 is 0 Å². The first-order valence-corrected chi connectivity index (χ1v) is 11.1. The van der Waals surface area contributed by atoms with E-state index in [9.17, 15) is 22.8 Å². The molecule has 0 saturated heterocycles. The molecule has 31 heavy (non-hydrogen) atoms. The van der Waals surface area contributed by atoms with Crippen molar-refractivity contribution in [2.45, 2.75) is 4.90 Å². The van der Waals surface area contributed by atoms with Gasteiger partial charge in [0, 0.05) is 4.88 Å². The second kappa shape index (κ2) is 9.08. The first-order valence-electron chi connectivity index (χ1n) is 8.74. The first-order chi connectivity index (χ1) is 14.6. The van der Waals surface area contributed by atoms with Crippen LogP contribution in [0.2, 0.25) is 0 Å². The number of hydrogen-bond acceptors (Lipinski definition) is 7. The molecule has 5 N–H and O–H groups in total. The van der Waals surface area contributed by atoms with Crippen LogP contribution < -0.4 is 16.2 Å². The van der Waals surface area contributed by atoms with E-state index in [4.69, 9.17) is 15.6 Å². The fraction of sp³-hybridized carbons (Fsp3) is 0.0500. The number of rotatable bonds is 7. The molecule has 0 aliphatic rings. The lowest BCUT2D eigenvalue weighted by molar-refractivity contribution is -0.119. The van der Waals surface area contributed by atoms with E-state index in [-0.39, 0.29) is 21.0 Å². The molecule has 160 valence electrons. The van der Waals surface area contributed by atoms with E-state index in [1.807, 2.05) is 30.3 Å². The Bertz CT molecular complexity index is 1250. The minimum absolute atomic E-state index is 0.0837. The summed E-state index contributed by atoms with van der Waals surface area (Å²) in [4.78, 5) is 36.6. The molecule has 0 aliphatic carbocycles. The normalized spacial score (nSPS) is 11.0. The fourth-order valence-electron chi connectivity index (χ4n) is 2.59. The van der Waals surface area contributed by atoms with Crippen LogP contribution in [0.5, 0.6) is 0 Å². The van der Waals surface area contributed by atoms with E-state index in [1.165, 1.54) is 18.2 Å². The summed E-state index contributed by atoms with van der Waals surface area (Å²) in [6, 6.07) is 15.7. The van der Waals surface area contributed by atoms with Gasteiger partial charge in [-0.2, -0.15) is 0 Å². The van der Waals surface area contributed by atoms with Gasteiger partial charge >= 0.3 is 5.97 Å². The first kappa shape index (κ1) is 22.2. The Hall–Kier alpha value is -3.54. The third-order valence-corrected chi connectivity index (χ3v) is 6.05. The highest BCUT2D eigenvalue weighted by Gasteiger charge is 2.18. The quantitative estimate of drug-likeness (QED) is 0.458. The molecule has 0 bridgehead atoms. The number of amides is 2. The van der Waals surface area contributed by atoms with E-state index in [1.54, 1.807) is 6.07 Å². The smallest absolute Gasteiger partial charge is 0.338 e. The van der Waals surface area contributed by atoms with E-state index in [0.29, 0.717) is 0 Å². The molecular weight excluding hydrogens is 442 g/mol. The van der Waals surface area contributed by atoms with Gasteiger partial charge < -0.3 is 15.8 Å². The van der Waals surface area contributed by atoms with Gasteiger partial charge in [0.25, 0.3) is 11.8 Å². The summed E-state index contributed by atoms with van der Waals surface area (Å²) in [5.41, 5.74) is 6.29. The van der Waals surface area contributed by atoms with Crippen molar-refractivity contribution in [1.82, 2.24) is 0 Å². The zero-order chi connectivity index (χ0) is 22.6. The monoisotopic (exact) mass is 459 g/mol. The van der Waals surface area contributed by atoms with Crippen LogP contribution >= 0.6 is 11.3 Å². The number of benzene rings is 2. The molecule has 0 saturated carbocycles. The molecule has 0 spiro atoms. The molecule has 0 radical (unpaired) electrons. The van der Waals surface area contributed by atoms with Crippen molar-refractivity contribution in [1.29, 1.82) is 0 Å². The van der Waals surface area contributed by atoms with Crippen molar-refractivity contribution in [3.05, 3.63) is 71.8 Å². The van der Waals surface area contributed by atoms with Crippen LogP contribution in [0.15, 0.2) is 65.6 Å². The SMILES string of the molecule is NC(=O)c1cc(-c2ccccc2)sc1NC(=O)COC(=O)c1cccc(S(N)(=O)=O)c1. The second-order valence-corrected chi connectivity index (χ2v) is 8.89. The number of carbonyl (C=O) groups is 3. The molecule has 0 atom stereocenters. The lowest BCUT2D eigenvalue weighted by Gasteiger charge is -2.07. The van der Waals surface area contributed by atoms with Crippen molar-refractivity contribution < 1.29 is 27.5 Å². The zero-order valence-corrected chi connectivity index (χ0v) is 17.5. The lowest BCUT2D eigenvalue weighted by atomic mass is 10.1. The third kappa shape index (κ3) is 5.54. The number of hydrogen-bond donors (Lipinski definition) is 3. The van der Waals surface area contributed by atoms with Crippen LogP contribution in [-0.4, -0.2) is 32.8 Å². The van der Waals surface area contributed by atoms with Crippen LogP contribution in [0.25, 0.3) is 10.4 Å². The Morgan fingerprint density at radius 1 is 1.00 bits per heavy atom. The molecule has 0 aliphatic heterocycles. The number of carbonyl (C=O) groups excluding carboxylic acids is 3. The number of sulfonamides is 1. The molecule has 2 amide bonds. The summed E-state index contributed by atoms with van der Waals surface area (Å²) in [6.45, 7) is -0.658. The maximum Gasteiger partial charge on any atom is 0.338 e. The minimum Gasteiger partial charge on any atom is -0.452 e. The van der Waals surface area contributed by atoms with E-state index in [2.05, 4.69) is 5.32 Å². The molecule has 2 aromatic carbocycles. The number of nitrogens with two attached hydrogens (primary N) is 2. The maximum atomic E-state index is 12.2. The van der Waals surface area contributed by atoms with Gasteiger partial charge in [0.2, 0.25) is 10.0 Å². The van der Waals surface area contributed by atoms with Crippen LogP contribution in [-0.2, 0) is 19.6 Å². The predicted octanol–water partition coefficient (Wildman–Crippen LogP) is 1.96. The lowest BCUT2D eigenvalue weighted by Crippen LogP contribution is -2.22. The maximum absolute atomic E-state index is 12.2. The molecule has 1 heterocycles. The Balaban J connectivity index is 1.69. The fourth-order valence-corrected chi connectivity index (χ4v) is 4.23. The molecule has 0 unspecified atom stereocenters. The summed E-state index contributed by atoms with van der Waals surface area (Å²) in [5, 5.41) is 7.77. The average molecular weight is 460 g/mol. The van der Waals surface area contributed by atoms with Gasteiger partial charge in [-0.15, -0.1) is 11.3 Å². The number of anilines is 1. The molecular formula is C20H17N3O6S2. The van der Waals surface area contributed by atoms with Crippen LogP contribution in [0.3, 0.4) is 0 Å². The Morgan fingerprint density at radius 3 is 2.35 bits per heavy atom. The van der Waals surface area contributed by atoms with Crippen molar-refractivity contribution >= 4 is 44.1 Å². The number of esters is 1. The summed E-state index contributed by atoms with van der Waals surface area (Å²) < 4.78 is 27.7. The largest absolute Gasteiger partial charge is 0.452 e. The van der Waals surface area contributed by atoms with E-state index in [0.717, 1.165) is 27.8 Å². The minimum atomic E-state index is -3.99. The van der Waals surface area contributed by atoms with Gasteiger partial charge in [-0.1, -0.05) is 36.4 Å². The molecule has 11 heteroatoms. The van der Waals surface area contributed by atoms with E-state index < -0.39 is 34.4 Å². The van der Waals surface area contributed by atoms with Crippen LogP contribution in [0, 0.1) is 0 Å². The number of thiophene rings is 1. The van der Waals surface area contributed by atoms with Gasteiger partial charge in [-0.05, 0) is 29.8 Å². The van der Waals surface area contributed by atoms with Gasteiger partial charge in [-0.3, -0.25) is 9.59 Å². The van der Waals surface area contributed by atoms with Crippen molar-refractivity contribution in [3.8, 4) is 10.4 Å². The highest BCUT2D eigenvalue weighted by atomic mass is 32.2. The standard InChI is InChI=1S/C20H17N3O6S2/c21-18(25)15-10-16(12-5-2-1-3-6-12)30-19(15)23-17(24)11-29-20(26)13-7-4-8-14(9-13)31(22,27)28/h1-10H,11H2,(H2,21,25)(H,23,24)(H2,22,27,28). The Labute approximate surface area is 181 Å². The van der Waals surface area contributed by atoms with Crippen LogP contribution in [0.1, 0.15) is 20.7 Å². The van der Waals surface area contributed by atoms with Crippen LogP contribution in [0.4, 0.5) is 5.00 Å².